The van der Waals surface area contributed by atoms with Gasteiger partial charge in [-0.2, -0.15) is 0 Å². The molecule has 3 aromatic carbocycles. The SMILES string of the molecule is CCN(C(=O)CSc1nc2ccccc2c(=O)n1Cc1ccco1)c1cccc2ccccc12. The van der Waals surface area contributed by atoms with Crippen LogP contribution >= 0.6 is 11.8 Å². The summed E-state index contributed by atoms with van der Waals surface area (Å²) in [7, 11) is 0. The van der Waals surface area contributed by atoms with Gasteiger partial charge < -0.3 is 9.32 Å². The Morgan fingerprint density at radius 2 is 1.74 bits per heavy atom. The van der Waals surface area contributed by atoms with Crippen molar-refractivity contribution in [3.8, 4) is 0 Å². The number of fused-ring (bicyclic) bond motifs is 2. The first-order valence-corrected chi connectivity index (χ1v) is 12.1. The molecule has 7 heteroatoms. The number of benzene rings is 3. The molecule has 0 aliphatic rings. The Labute approximate surface area is 200 Å². The highest BCUT2D eigenvalue weighted by Gasteiger charge is 2.19. The van der Waals surface area contributed by atoms with E-state index >= 15 is 0 Å². The number of anilines is 1. The molecule has 34 heavy (non-hydrogen) atoms. The van der Waals surface area contributed by atoms with Gasteiger partial charge in [0.1, 0.15) is 5.76 Å². The lowest BCUT2D eigenvalue weighted by Gasteiger charge is -2.23. The summed E-state index contributed by atoms with van der Waals surface area (Å²) >= 11 is 1.27. The summed E-state index contributed by atoms with van der Waals surface area (Å²) in [6.45, 7) is 2.75. The molecule has 5 rings (SSSR count). The maximum absolute atomic E-state index is 13.3. The van der Waals surface area contributed by atoms with Crippen molar-refractivity contribution >= 4 is 45.0 Å². The van der Waals surface area contributed by atoms with Gasteiger partial charge in [-0.3, -0.25) is 14.2 Å². The zero-order valence-corrected chi connectivity index (χ0v) is 19.5. The van der Waals surface area contributed by atoms with Crippen molar-refractivity contribution in [2.24, 2.45) is 0 Å². The van der Waals surface area contributed by atoms with E-state index in [-0.39, 0.29) is 23.8 Å². The van der Waals surface area contributed by atoms with Gasteiger partial charge in [0.15, 0.2) is 5.16 Å². The maximum atomic E-state index is 13.3. The average Bonchev–Trinajstić information content (AvgIpc) is 3.39. The smallest absolute Gasteiger partial charge is 0.262 e. The van der Waals surface area contributed by atoms with Gasteiger partial charge in [-0.15, -0.1) is 0 Å². The number of hydrogen-bond acceptors (Lipinski definition) is 5. The third kappa shape index (κ3) is 4.22. The Hall–Kier alpha value is -3.84. The molecule has 0 saturated carbocycles. The van der Waals surface area contributed by atoms with Crippen molar-refractivity contribution in [3.63, 3.8) is 0 Å². The van der Waals surface area contributed by atoms with Crippen LogP contribution in [0.3, 0.4) is 0 Å². The zero-order chi connectivity index (χ0) is 23.5. The predicted octanol–water partition coefficient (Wildman–Crippen LogP) is 5.34. The number of thioether (sulfide) groups is 1. The van der Waals surface area contributed by atoms with E-state index in [0.717, 1.165) is 16.5 Å². The van der Waals surface area contributed by atoms with Crippen molar-refractivity contribution in [3.05, 3.63) is 101 Å². The molecule has 2 heterocycles. The van der Waals surface area contributed by atoms with Crippen LogP contribution < -0.4 is 10.5 Å². The average molecular weight is 470 g/mol. The third-order valence-electron chi connectivity index (χ3n) is 5.72. The highest BCUT2D eigenvalue weighted by atomic mass is 32.2. The number of hydrogen-bond donors (Lipinski definition) is 0. The summed E-state index contributed by atoms with van der Waals surface area (Å²) in [5.41, 5.74) is 1.34. The van der Waals surface area contributed by atoms with Crippen LogP contribution in [0.1, 0.15) is 12.7 Å². The molecule has 6 nitrogen and oxygen atoms in total. The highest BCUT2D eigenvalue weighted by Crippen LogP contribution is 2.28. The van der Waals surface area contributed by atoms with Crippen molar-refractivity contribution < 1.29 is 9.21 Å². The van der Waals surface area contributed by atoms with Crippen molar-refractivity contribution in [2.45, 2.75) is 18.6 Å². The monoisotopic (exact) mass is 469 g/mol. The summed E-state index contributed by atoms with van der Waals surface area (Å²) < 4.78 is 7.04. The Bertz CT molecular complexity index is 1520. The van der Waals surface area contributed by atoms with E-state index in [1.165, 1.54) is 11.8 Å². The van der Waals surface area contributed by atoms with Crippen LogP contribution in [0.5, 0.6) is 0 Å². The number of furan rings is 1. The first-order chi connectivity index (χ1) is 16.7. The topological polar surface area (TPSA) is 68.3 Å². The number of rotatable bonds is 7. The molecule has 170 valence electrons. The molecule has 1 amide bonds. The molecule has 0 atom stereocenters. The van der Waals surface area contributed by atoms with Gasteiger partial charge >= 0.3 is 0 Å². The molecule has 0 aliphatic heterocycles. The van der Waals surface area contributed by atoms with Gasteiger partial charge in [-0.05, 0) is 42.6 Å². The van der Waals surface area contributed by atoms with Gasteiger partial charge in [0.05, 0.1) is 35.2 Å². The van der Waals surface area contributed by atoms with Gasteiger partial charge in [-0.1, -0.05) is 60.3 Å². The lowest BCUT2D eigenvalue weighted by Crippen LogP contribution is -2.32. The van der Waals surface area contributed by atoms with Gasteiger partial charge in [0, 0.05) is 11.9 Å². The normalized spacial score (nSPS) is 11.2. The fourth-order valence-corrected chi connectivity index (χ4v) is 4.96. The second-order valence-corrected chi connectivity index (χ2v) is 8.75. The van der Waals surface area contributed by atoms with E-state index in [4.69, 9.17) is 9.40 Å². The van der Waals surface area contributed by atoms with E-state index in [1.54, 1.807) is 27.9 Å². The number of carbonyl (C=O) groups is 1. The third-order valence-corrected chi connectivity index (χ3v) is 6.68. The molecule has 0 saturated heterocycles. The van der Waals surface area contributed by atoms with E-state index in [0.29, 0.717) is 28.4 Å². The zero-order valence-electron chi connectivity index (χ0n) is 18.7. The molecular formula is C27H23N3O3S. The summed E-state index contributed by atoms with van der Waals surface area (Å²) in [5.74, 6) is 0.758. The molecule has 0 fully saturated rings. The lowest BCUT2D eigenvalue weighted by molar-refractivity contribution is -0.116. The van der Waals surface area contributed by atoms with Crippen LogP contribution in [0.15, 0.2) is 99.5 Å². The molecule has 2 aromatic heterocycles. The minimum absolute atomic E-state index is 0.0455. The number of para-hydroxylation sites is 1. The van der Waals surface area contributed by atoms with E-state index in [9.17, 15) is 9.59 Å². The number of aromatic nitrogens is 2. The molecule has 0 radical (unpaired) electrons. The fourth-order valence-electron chi connectivity index (χ4n) is 4.08. The van der Waals surface area contributed by atoms with Crippen molar-refractivity contribution in [1.29, 1.82) is 0 Å². The second-order valence-electron chi connectivity index (χ2n) is 7.81. The van der Waals surface area contributed by atoms with E-state index in [1.807, 2.05) is 73.7 Å². The predicted molar refractivity (Wildman–Crippen MR) is 137 cm³/mol. The van der Waals surface area contributed by atoms with Gasteiger partial charge in [0.25, 0.3) is 5.56 Å². The van der Waals surface area contributed by atoms with Crippen molar-refractivity contribution in [2.75, 3.05) is 17.2 Å². The second kappa shape index (κ2) is 9.57. The standard InChI is InChI=1S/C27H23N3O3S/c1-2-29(24-15-7-10-19-9-3-4-12-21(19)24)25(31)18-34-27-28-23-14-6-5-13-22(23)26(32)30(27)17-20-11-8-16-33-20/h3-16H,2,17-18H2,1H3. The maximum Gasteiger partial charge on any atom is 0.262 e. The molecule has 0 spiro atoms. The number of amides is 1. The molecular weight excluding hydrogens is 446 g/mol. The quantitative estimate of drug-likeness (QED) is 0.238. The molecule has 0 N–H and O–H groups in total. The van der Waals surface area contributed by atoms with E-state index < -0.39 is 0 Å². The summed E-state index contributed by atoms with van der Waals surface area (Å²) in [4.78, 5) is 33.1. The molecule has 5 aromatic rings. The summed E-state index contributed by atoms with van der Waals surface area (Å²) in [5, 5.41) is 3.14. The van der Waals surface area contributed by atoms with Gasteiger partial charge in [0.2, 0.25) is 5.91 Å². The first-order valence-electron chi connectivity index (χ1n) is 11.1. The van der Waals surface area contributed by atoms with Crippen LogP contribution in [0.25, 0.3) is 21.7 Å². The Morgan fingerprint density at radius 1 is 0.971 bits per heavy atom. The summed E-state index contributed by atoms with van der Waals surface area (Å²) in [6, 6.07) is 24.9. The molecule has 0 bridgehead atoms. The van der Waals surface area contributed by atoms with Crippen LogP contribution in [-0.2, 0) is 11.3 Å². The highest BCUT2D eigenvalue weighted by molar-refractivity contribution is 7.99. The Morgan fingerprint density at radius 3 is 2.53 bits per heavy atom. The minimum Gasteiger partial charge on any atom is -0.467 e. The van der Waals surface area contributed by atoms with Gasteiger partial charge in [-0.25, -0.2) is 4.98 Å². The lowest BCUT2D eigenvalue weighted by atomic mass is 10.1. The number of nitrogens with zero attached hydrogens (tertiary/aromatic N) is 3. The van der Waals surface area contributed by atoms with Crippen LogP contribution in [0.2, 0.25) is 0 Å². The first kappa shape index (κ1) is 22.0. The molecule has 0 unspecified atom stereocenters. The number of carbonyl (C=O) groups excluding carboxylic acids is 1. The Kier molecular flexibility index (Phi) is 6.18. The fraction of sp³-hybridized carbons (Fsp3) is 0.148. The van der Waals surface area contributed by atoms with E-state index in [2.05, 4.69) is 0 Å². The Balaban J connectivity index is 1.47. The summed E-state index contributed by atoms with van der Waals surface area (Å²) in [6.07, 6.45) is 1.58. The molecule has 0 aliphatic carbocycles. The minimum atomic E-state index is -0.154. The van der Waals surface area contributed by atoms with Crippen LogP contribution in [-0.4, -0.2) is 27.8 Å². The van der Waals surface area contributed by atoms with Crippen molar-refractivity contribution in [1.82, 2.24) is 9.55 Å². The largest absolute Gasteiger partial charge is 0.467 e. The van der Waals surface area contributed by atoms with Crippen LogP contribution in [0, 0.1) is 0 Å². The van der Waals surface area contributed by atoms with Crippen LogP contribution in [0.4, 0.5) is 5.69 Å².